The van der Waals surface area contributed by atoms with E-state index in [4.69, 9.17) is 9.69 Å². The van der Waals surface area contributed by atoms with Crippen LogP contribution in [0.25, 0.3) is 0 Å². The molecule has 0 saturated carbocycles. The van der Waals surface area contributed by atoms with E-state index in [9.17, 15) is 0 Å². The summed E-state index contributed by atoms with van der Waals surface area (Å²) >= 11 is -0.0346. The van der Waals surface area contributed by atoms with E-state index in [1.165, 1.54) is 0 Å². The van der Waals surface area contributed by atoms with E-state index in [0.29, 0.717) is 0 Å². The van der Waals surface area contributed by atoms with Gasteiger partial charge < -0.3 is 0 Å². The van der Waals surface area contributed by atoms with Crippen molar-refractivity contribution in [1.29, 1.82) is 0 Å². The number of rotatable bonds is 2. The molecule has 0 fully saturated rings. The van der Waals surface area contributed by atoms with Crippen LogP contribution in [0.3, 0.4) is 0 Å². The van der Waals surface area contributed by atoms with E-state index in [1.54, 1.807) is 0 Å². The molecular formula is H4ClN2PRh. The minimum absolute atomic E-state index is 0.0346. The van der Waals surface area contributed by atoms with Gasteiger partial charge >= 0.3 is 44.8 Å². The van der Waals surface area contributed by atoms with Crippen molar-refractivity contribution in [3.8, 4) is 0 Å². The molecule has 0 heterocycles. The van der Waals surface area contributed by atoms with Crippen LogP contribution >= 0.6 is 19.1 Å². The van der Waals surface area contributed by atoms with Crippen molar-refractivity contribution in [1.82, 2.24) is 9.36 Å². The van der Waals surface area contributed by atoms with Crippen LogP contribution in [-0.2, 0) is 16.4 Å². The first-order valence-electron chi connectivity index (χ1n) is 0.831. The predicted molar refractivity (Wildman–Crippen MR) is 21.8 cm³/mol. The molecule has 35 valence electrons. The third-order valence-electron chi connectivity index (χ3n) is 0.0796. The van der Waals surface area contributed by atoms with E-state index in [-0.39, 0.29) is 16.4 Å². The van der Waals surface area contributed by atoms with Gasteiger partial charge in [0.1, 0.15) is 0 Å². The second kappa shape index (κ2) is 5.26. The maximum absolute atomic E-state index is 5.18. The van der Waals surface area contributed by atoms with Crippen molar-refractivity contribution in [2.75, 3.05) is 0 Å². The Kier molecular flexibility index (Phi) is 6.59. The molecule has 2 nitrogen and oxygen atoms in total. The van der Waals surface area contributed by atoms with Gasteiger partial charge in [-0.15, -0.1) is 0 Å². The Balaban J connectivity index is 2.19. The topological polar surface area (TPSA) is 24.1 Å². The summed E-state index contributed by atoms with van der Waals surface area (Å²) in [6.07, 6.45) is 0. The average molecular weight is 201 g/mol. The molecule has 0 aromatic rings. The van der Waals surface area contributed by atoms with Crippen LogP contribution in [0.4, 0.5) is 0 Å². The molecule has 1 unspecified atom stereocenters. The SMILES string of the molecule is PN[NH][Rh][Cl]. The Bertz CT molecular complexity index is 17.1. The van der Waals surface area contributed by atoms with E-state index in [0.717, 1.165) is 0 Å². The van der Waals surface area contributed by atoms with Gasteiger partial charge in [0, 0.05) is 0 Å². The minimum atomic E-state index is -0.0346. The number of hydrazine groups is 1. The molecule has 0 bridgehead atoms. The second-order valence-electron chi connectivity index (χ2n) is 0.291. The molecule has 5 heteroatoms. The van der Waals surface area contributed by atoms with E-state index in [2.05, 4.69) is 18.8 Å². The van der Waals surface area contributed by atoms with Gasteiger partial charge in [0.05, 0.1) is 0 Å². The molecule has 0 rings (SSSR count). The van der Waals surface area contributed by atoms with Gasteiger partial charge in [0.2, 0.25) is 0 Å². The zero-order chi connectivity index (χ0) is 4.12. The van der Waals surface area contributed by atoms with Crippen molar-refractivity contribution in [2.45, 2.75) is 0 Å². The number of hydrogen-bond donors (Lipinski definition) is 2. The average Bonchev–Trinajstić information content (AvgIpc) is 1.41. The van der Waals surface area contributed by atoms with Crippen molar-refractivity contribution >= 4 is 19.1 Å². The third kappa shape index (κ3) is 5.26. The molecule has 0 aliphatic carbocycles. The summed E-state index contributed by atoms with van der Waals surface area (Å²) in [5.41, 5.74) is 0. The summed E-state index contributed by atoms with van der Waals surface area (Å²) in [7, 11) is 7.46. The quantitative estimate of drug-likeness (QED) is 0.374. The third-order valence-corrected chi connectivity index (χ3v) is 1.41. The maximum atomic E-state index is 5.18. The molecule has 0 aromatic carbocycles. The summed E-state index contributed by atoms with van der Waals surface area (Å²) in [4.78, 5) is 0. The van der Waals surface area contributed by atoms with Crippen LogP contribution in [-0.4, -0.2) is 0 Å². The van der Waals surface area contributed by atoms with Gasteiger partial charge in [0.25, 0.3) is 0 Å². The van der Waals surface area contributed by atoms with E-state index in [1.807, 2.05) is 0 Å². The first kappa shape index (κ1) is 6.26. The Morgan fingerprint density at radius 3 is 2.40 bits per heavy atom. The summed E-state index contributed by atoms with van der Waals surface area (Å²) < 4.78 is 2.66. The fourth-order valence-corrected chi connectivity index (χ4v) is 0.968. The summed E-state index contributed by atoms with van der Waals surface area (Å²) in [6, 6.07) is 0. The number of hydrogen-bond acceptors (Lipinski definition) is 2. The van der Waals surface area contributed by atoms with E-state index < -0.39 is 0 Å². The van der Waals surface area contributed by atoms with E-state index >= 15 is 0 Å². The van der Waals surface area contributed by atoms with Gasteiger partial charge in [-0.1, -0.05) is 0 Å². The molecule has 0 saturated heterocycles. The van der Waals surface area contributed by atoms with Gasteiger partial charge in [-0.25, -0.2) is 0 Å². The molecule has 0 aliphatic rings. The zero-order valence-electron chi connectivity index (χ0n) is 2.29. The monoisotopic (exact) mass is 201 g/mol. The molecule has 0 aromatic heterocycles. The molecule has 0 aliphatic heterocycles. The van der Waals surface area contributed by atoms with Crippen molar-refractivity contribution in [3.63, 3.8) is 0 Å². The number of nitrogens with one attached hydrogen (secondary N) is 2. The van der Waals surface area contributed by atoms with Crippen LogP contribution in [0.1, 0.15) is 0 Å². The van der Waals surface area contributed by atoms with Crippen molar-refractivity contribution < 1.29 is 16.4 Å². The molecule has 2 N–H and O–H groups in total. The molecule has 5 heavy (non-hydrogen) atoms. The fourth-order valence-electron chi connectivity index (χ4n) is 0.0182. The Labute approximate surface area is 45.2 Å². The van der Waals surface area contributed by atoms with Crippen LogP contribution in [0.2, 0.25) is 0 Å². The van der Waals surface area contributed by atoms with Crippen LogP contribution < -0.4 is 9.36 Å². The van der Waals surface area contributed by atoms with Crippen molar-refractivity contribution in [2.24, 2.45) is 0 Å². The van der Waals surface area contributed by atoms with Crippen LogP contribution in [0, 0.1) is 0 Å². The van der Waals surface area contributed by atoms with Gasteiger partial charge in [0.15, 0.2) is 0 Å². The number of halogens is 1. The molecular weight excluding hydrogens is 197 g/mol. The first-order valence-corrected chi connectivity index (χ1v) is 4.34. The Morgan fingerprint density at radius 1 is 1.80 bits per heavy atom. The molecule has 0 amide bonds. The Hall–Kier alpha value is 1.26. The van der Waals surface area contributed by atoms with Crippen LogP contribution in [0.15, 0.2) is 0 Å². The second-order valence-corrected chi connectivity index (χ2v) is 2.04. The normalized spacial score (nSPS) is 9.20. The standard InChI is InChI=1S/ClH.H4N2P.Rh/c;1-2-3;/h1H;1-2H,3H2;/q;-1;+2/p-1. The molecule has 1 atom stereocenters. The van der Waals surface area contributed by atoms with Crippen molar-refractivity contribution in [3.05, 3.63) is 0 Å². The van der Waals surface area contributed by atoms with Gasteiger partial charge in [-0.3, -0.25) is 0 Å². The summed E-state index contributed by atoms with van der Waals surface area (Å²) in [5, 5.41) is 2.58. The van der Waals surface area contributed by atoms with Gasteiger partial charge in [-0.2, -0.15) is 0 Å². The summed E-state index contributed by atoms with van der Waals surface area (Å²) in [6.45, 7) is 0. The van der Waals surface area contributed by atoms with Crippen LogP contribution in [0.5, 0.6) is 0 Å². The molecule has 0 spiro atoms. The predicted octanol–water partition coefficient (Wildman–Crippen LogP) is 0.0220. The summed E-state index contributed by atoms with van der Waals surface area (Å²) in [5.74, 6) is 0. The zero-order valence-corrected chi connectivity index (χ0v) is 5.84. The first-order chi connectivity index (χ1) is 2.41. The fraction of sp³-hybridized carbons (Fsp3) is 0. The van der Waals surface area contributed by atoms with Gasteiger partial charge in [-0.05, 0) is 0 Å². The molecule has 0 radical (unpaired) electrons. The Morgan fingerprint density at radius 2 is 2.40 bits per heavy atom.